The van der Waals surface area contributed by atoms with Gasteiger partial charge in [0.1, 0.15) is 35.0 Å². The Balaban J connectivity index is 1.32. The van der Waals surface area contributed by atoms with Crippen LogP contribution < -0.4 is 5.32 Å². The van der Waals surface area contributed by atoms with E-state index in [0.29, 0.717) is 16.2 Å². The second kappa shape index (κ2) is 9.49. The SMILES string of the molecule is Cc1ncc(-c2ccc3c(cnn3CC(=O)N3CC(F)CC3C(=O)Nc3cccc(Br)n3)c2)cn1. The minimum Gasteiger partial charge on any atom is -0.326 e. The van der Waals surface area contributed by atoms with Gasteiger partial charge in [0, 0.05) is 29.8 Å². The van der Waals surface area contributed by atoms with Gasteiger partial charge in [0.2, 0.25) is 11.8 Å². The van der Waals surface area contributed by atoms with Crippen LogP contribution in [0, 0.1) is 6.92 Å². The number of rotatable bonds is 5. The predicted molar refractivity (Wildman–Crippen MR) is 131 cm³/mol. The van der Waals surface area contributed by atoms with E-state index in [1.165, 1.54) is 4.90 Å². The summed E-state index contributed by atoms with van der Waals surface area (Å²) < 4.78 is 16.4. The first-order valence-electron chi connectivity index (χ1n) is 11.0. The van der Waals surface area contributed by atoms with Crippen LogP contribution in [0.25, 0.3) is 22.0 Å². The summed E-state index contributed by atoms with van der Waals surface area (Å²) in [6, 6.07) is 9.89. The fraction of sp³-hybridized carbons (Fsp3) is 0.250. The second-order valence-electron chi connectivity index (χ2n) is 8.32. The zero-order valence-electron chi connectivity index (χ0n) is 18.7. The molecule has 4 aromatic rings. The highest BCUT2D eigenvalue weighted by Gasteiger charge is 2.40. The predicted octanol–water partition coefficient (Wildman–Crippen LogP) is 3.54. The Hall–Kier alpha value is -3.73. The summed E-state index contributed by atoms with van der Waals surface area (Å²) in [5.74, 6) is 0.165. The molecule has 0 radical (unpaired) electrons. The number of hydrogen-bond acceptors (Lipinski definition) is 6. The van der Waals surface area contributed by atoms with Crippen LogP contribution in [0.3, 0.4) is 0 Å². The van der Waals surface area contributed by atoms with Gasteiger partial charge in [-0.2, -0.15) is 5.10 Å². The Kier molecular flexibility index (Phi) is 6.25. The van der Waals surface area contributed by atoms with Crippen molar-refractivity contribution in [3.05, 3.63) is 65.4 Å². The Morgan fingerprint density at radius 3 is 2.71 bits per heavy atom. The van der Waals surface area contributed by atoms with Gasteiger partial charge in [-0.1, -0.05) is 12.1 Å². The molecule has 0 saturated carbocycles. The molecule has 3 aromatic heterocycles. The van der Waals surface area contributed by atoms with Gasteiger partial charge < -0.3 is 10.2 Å². The smallest absolute Gasteiger partial charge is 0.248 e. The van der Waals surface area contributed by atoms with Crippen LogP contribution >= 0.6 is 15.9 Å². The highest BCUT2D eigenvalue weighted by molar-refractivity contribution is 9.10. The van der Waals surface area contributed by atoms with Crippen molar-refractivity contribution in [2.45, 2.75) is 32.1 Å². The molecule has 1 fully saturated rings. The van der Waals surface area contributed by atoms with Gasteiger partial charge >= 0.3 is 0 Å². The zero-order chi connectivity index (χ0) is 24.5. The van der Waals surface area contributed by atoms with Crippen LogP contribution in [0.15, 0.2) is 59.6 Å². The quantitative estimate of drug-likeness (QED) is 0.390. The normalized spacial score (nSPS) is 17.6. The van der Waals surface area contributed by atoms with E-state index in [1.807, 2.05) is 25.1 Å². The molecule has 9 nitrogen and oxygen atoms in total. The van der Waals surface area contributed by atoms with Crippen LogP contribution in [0.1, 0.15) is 12.2 Å². The molecule has 2 unspecified atom stereocenters. The number of benzene rings is 1. The molecule has 1 aromatic carbocycles. The molecule has 5 rings (SSSR count). The summed E-state index contributed by atoms with van der Waals surface area (Å²) in [5.41, 5.74) is 2.56. The summed E-state index contributed by atoms with van der Waals surface area (Å²) in [6.07, 6.45) is 3.85. The number of aryl methyl sites for hydroxylation is 1. The van der Waals surface area contributed by atoms with Crippen molar-refractivity contribution in [2.75, 3.05) is 11.9 Å². The van der Waals surface area contributed by atoms with Crippen molar-refractivity contribution < 1.29 is 14.0 Å². The Bertz CT molecular complexity index is 1410. The molecular formula is C24H21BrFN7O2. The van der Waals surface area contributed by atoms with E-state index in [2.05, 4.69) is 41.3 Å². The highest BCUT2D eigenvalue weighted by atomic mass is 79.9. The van der Waals surface area contributed by atoms with Crippen LogP contribution in [-0.2, 0) is 16.1 Å². The van der Waals surface area contributed by atoms with Gasteiger partial charge in [0.15, 0.2) is 0 Å². The number of fused-ring (bicyclic) bond motifs is 1. The molecule has 11 heteroatoms. The van der Waals surface area contributed by atoms with Crippen molar-refractivity contribution in [1.29, 1.82) is 0 Å². The number of likely N-dealkylation sites (tertiary alicyclic amines) is 1. The standard InChI is InChI=1S/C24H21BrFN7O2/c1-14-27-9-17(10-28-14)15-5-6-19-16(7-15)11-29-33(19)13-23(34)32-12-18(26)8-20(32)24(35)31-22-4-2-3-21(25)30-22/h2-7,9-11,18,20H,8,12-13H2,1H3,(H,30,31,35). The van der Waals surface area contributed by atoms with Gasteiger partial charge in [0.25, 0.3) is 0 Å². The minimum absolute atomic E-state index is 0.0621. The van der Waals surface area contributed by atoms with E-state index in [1.54, 1.807) is 41.5 Å². The lowest BCUT2D eigenvalue weighted by Crippen LogP contribution is -2.44. The number of pyridine rings is 1. The van der Waals surface area contributed by atoms with Gasteiger partial charge in [-0.3, -0.25) is 14.3 Å². The second-order valence-corrected chi connectivity index (χ2v) is 9.14. The first kappa shape index (κ1) is 23.0. The van der Waals surface area contributed by atoms with E-state index in [9.17, 15) is 14.0 Å². The summed E-state index contributed by atoms with van der Waals surface area (Å²) in [5, 5.41) is 7.86. The molecule has 1 aliphatic heterocycles. The van der Waals surface area contributed by atoms with Crippen LogP contribution in [-0.4, -0.2) is 60.2 Å². The van der Waals surface area contributed by atoms with E-state index in [0.717, 1.165) is 22.0 Å². The molecule has 0 bridgehead atoms. The minimum atomic E-state index is -1.28. The maximum atomic E-state index is 14.3. The van der Waals surface area contributed by atoms with Crippen LogP contribution in [0.4, 0.5) is 10.2 Å². The first-order valence-corrected chi connectivity index (χ1v) is 11.8. The summed E-state index contributed by atoms with van der Waals surface area (Å²) in [7, 11) is 0. The monoisotopic (exact) mass is 537 g/mol. The largest absolute Gasteiger partial charge is 0.326 e. The molecule has 35 heavy (non-hydrogen) atoms. The number of anilines is 1. The Morgan fingerprint density at radius 1 is 1.14 bits per heavy atom. The summed E-state index contributed by atoms with van der Waals surface area (Å²) in [4.78, 5) is 39.9. The number of amides is 2. The van der Waals surface area contributed by atoms with Gasteiger partial charge in [-0.15, -0.1) is 0 Å². The number of alkyl halides is 1. The number of hydrogen-bond donors (Lipinski definition) is 1. The number of carbonyl (C=O) groups is 2. The summed E-state index contributed by atoms with van der Waals surface area (Å²) in [6.45, 7) is 1.58. The average Bonchev–Trinajstić information content (AvgIpc) is 3.42. The Morgan fingerprint density at radius 2 is 1.94 bits per heavy atom. The maximum Gasteiger partial charge on any atom is 0.248 e. The third-order valence-electron chi connectivity index (χ3n) is 5.88. The number of carbonyl (C=O) groups excluding carboxylic acids is 2. The number of aromatic nitrogens is 5. The van der Waals surface area contributed by atoms with E-state index < -0.39 is 18.1 Å². The fourth-order valence-corrected chi connectivity index (χ4v) is 4.49. The molecule has 4 heterocycles. The topological polar surface area (TPSA) is 106 Å². The molecule has 2 atom stereocenters. The van der Waals surface area contributed by atoms with Gasteiger partial charge in [-0.25, -0.2) is 19.3 Å². The fourth-order valence-electron chi connectivity index (χ4n) is 4.15. The lowest BCUT2D eigenvalue weighted by atomic mass is 10.1. The molecule has 1 aliphatic rings. The number of nitrogens with one attached hydrogen (secondary N) is 1. The third kappa shape index (κ3) is 4.90. The first-order chi connectivity index (χ1) is 16.9. The van der Waals surface area contributed by atoms with Crippen molar-refractivity contribution in [1.82, 2.24) is 29.6 Å². The van der Waals surface area contributed by atoms with Crippen molar-refractivity contribution >= 4 is 44.5 Å². The molecular weight excluding hydrogens is 517 g/mol. The maximum absolute atomic E-state index is 14.3. The van der Waals surface area contributed by atoms with Crippen molar-refractivity contribution in [3.63, 3.8) is 0 Å². The molecule has 178 valence electrons. The lowest BCUT2D eigenvalue weighted by molar-refractivity contribution is -0.137. The summed E-state index contributed by atoms with van der Waals surface area (Å²) >= 11 is 3.25. The molecule has 1 N–H and O–H groups in total. The average molecular weight is 538 g/mol. The van der Waals surface area contributed by atoms with Crippen molar-refractivity contribution in [3.8, 4) is 11.1 Å². The number of nitrogens with zero attached hydrogens (tertiary/aromatic N) is 6. The lowest BCUT2D eigenvalue weighted by Gasteiger charge is -2.23. The van der Waals surface area contributed by atoms with E-state index in [4.69, 9.17) is 0 Å². The molecule has 0 spiro atoms. The number of halogens is 2. The van der Waals surface area contributed by atoms with Gasteiger partial charge in [0.05, 0.1) is 18.3 Å². The molecule has 1 saturated heterocycles. The van der Waals surface area contributed by atoms with Crippen LogP contribution in [0.5, 0.6) is 0 Å². The highest BCUT2D eigenvalue weighted by Crippen LogP contribution is 2.25. The molecule has 0 aliphatic carbocycles. The van der Waals surface area contributed by atoms with Crippen molar-refractivity contribution in [2.24, 2.45) is 0 Å². The van der Waals surface area contributed by atoms with Gasteiger partial charge in [-0.05, 0) is 52.7 Å². The van der Waals surface area contributed by atoms with Crippen LogP contribution in [0.2, 0.25) is 0 Å². The Labute approximate surface area is 208 Å². The zero-order valence-corrected chi connectivity index (χ0v) is 20.3. The van der Waals surface area contributed by atoms with E-state index in [-0.39, 0.29) is 25.4 Å². The third-order valence-corrected chi connectivity index (χ3v) is 6.32. The van der Waals surface area contributed by atoms with E-state index >= 15 is 0 Å². The molecule has 2 amide bonds.